The Kier molecular flexibility index (Phi) is 2.32. The Labute approximate surface area is 73.1 Å². The van der Waals surface area contributed by atoms with Gasteiger partial charge in [-0.15, -0.1) is 0 Å². The van der Waals surface area contributed by atoms with Crippen LogP contribution in [-0.4, -0.2) is 5.11 Å². The summed E-state index contributed by atoms with van der Waals surface area (Å²) in [5.41, 5.74) is -0.909. The molecule has 0 radical (unpaired) electrons. The minimum absolute atomic E-state index is 0.0368. The van der Waals surface area contributed by atoms with Gasteiger partial charge in [-0.05, 0) is 17.7 Å². The monoisotopic (exact) mass is 188 g/mol. The van der Waals surface area contributed by atoms with Gasteiger partial charge in [0.05, 0.1) is 5.56 Å². The Bertz CT molecular complexity index is 328. The summed E-state index contributed by atoms with van der Waals surface area (Å²) < 4.78 is 36.8. The van der Waals surface area contributed by atoms with E-state index < -0.39 is 17.5 Å². The van der Waals surface area contributed by atoms with E-state index in [0.29, 0.717) is 6.07 Å². The van der Waals surface area contributed by atoms with Gasteiger partial charge >= 0.3 is 6.18 Å². The van der Waals surface area contributed by atoms with Crippen LogP contribution in [0.5, 0.6) is 5.75 Å². The van der Waals surface area contributed by atoms with Crippen LogP contribution in [0.4, 0.5) is 13.2 Å². The van der Waals surface area contributed by atoms with Crippen molar-refractivity contribution in [2.45, 2.75) is 6.18 Å². The van der Waals surface area contributed by atoms with Gasteiger partial charge < -0.3 is 5.11 Å². The van der Waals surface area contributed by atoms with Crippen molar-refractivity contribution in [3.63, 3.8) is 0 Å². The van der Waals surface area contributed by atoms with Crippen LogP contribution in [-0.2, 0) is 6.18 Å². The summed E-state index contributed by atoms with van der Waals surface area (Å²) >= 11 is 0. The van der Waals surface area contributed by atoms with E-state index in [2.05, 4.69) is 6.58 Å². The molecule has 0 fully saturated rings. The van der Waals surface area contributed by atoms with Gasteiger partial charge in [0.1, 0.15) is 5.75 Å². The van der Waals surface area contributed by atoms with Gasteiger partial charge in [0.2, 0.25) is 0 Å². The summed E-state index contributed by atoms with van der Waals surface area (Å²) in [6.45, 7) is 3.25. The SMILES string of the molecule is C=Cc1ccc(O)cc1C(F)(F)F. The topological polar surface area (TPSA) is 20.2 Å². The third-order valence-electron chi connectivity index (χ3n) is 1.56. The molecule has 0 saturated heterocycles. The molecule has 0 spiro atoms. The standard InChI is InChI=1S/C9H7F3O/c1-2-6-3-4-7(13)5-8(6)9(10,11)12/h2-5,13H,1H2. The second-order valence-corrected chi connectivity index (χ2v) is 2.47. The van der Waals surface area contributed by atoms with Crippen LogP contribution in [0.15, 0.2) is 24.8 Å². The number of phenolic OH excluding ortho intramolecular Hbond substituents is 1. The lowest BCUT2D eigenvalue weighted by Gasteiger charge is -2.09. The quantitative estimate of drug-likeness (QED) is 0.718. The molecule has 0 aliphatic rings. The Balaban J connectivity index is 3.32. The molecule has 70 valence electrons. The largest absolute Gasteiger partial charge is 0.508 e. The number of alkyl halides is 3. The fourth-order valence-corrected chi connectivity index (χ4v) is 0.968. The summed E-state index contributed by atoms with van der Waals surface area (Å²) in [6.07, 6.45) is -3.36. The zero-order valence-corrected chi connectivity index (χ0v) is 6.60. The maximum Gasteiger partial charge on any atom is 0.417 e. The number of hydrogen-bond acceptors (Lipinski definition) is 1. The number of phenols is 1. The van der Waals surface area contributed by atoms with Crippen LogP contribution in [0.2, 0.25) is 0 Å². The minimum atomic E-state index is -4.46. The van der Waals surface area contributed by atoms with Gasteiger partial charge in [0.15, 0.2) is 0 Å². The third kappa shape index (κ3) is 2.02. The van der Waals surface area contributed by atoms with Crippen LogP contribution in [0.3, 0.4) is 0 Å². The number of rotatable bonds is 1. The molecule has 1 nitrogen and oxygen atoms in total. The zero-order valence-electron chi connectivity index (χ0n) is 6.60. The van der Waals surface area contributed by atoms with E-state index in [4.69, 9.17) is 5.11 Å². The maximum atomic E-state index is 12.3. The van der Waals surface area contributed by atoms with Gasteiger partial charge in [-0.3, -0.25) is 0 Å². The third-order valence-corrected chi connectivity index (χ3v) is 1.56. The first-order valence-corrected chi connectivity index (χ1v) is 3.48. The van der Waals surface area contributed by atoms with Crippen molar-refractivity contribution in [1.82, 2.24) is 0 Å². The number of halogens is 3. The average Bonchev–Trinajstić information content (AvgIpc) is 2.03. The minimum Gasteiger partial charge on any atom is -0.508 e. The van der Waals surface area contributed by atoms with Crippen LogP contribution in [0.25, 0.3) is 6.08 Å². The highest BCUT2D eigenvalue weighted by Crippen LogP contribution is 2.34. The molecule has 1 N–H and O–H groups in total. The van der Waals surface area contributed by atoms with Crippen LogP contribution >= 0.6 is 0 Å². The first-order valence-electron chi connectivity index (χ1n) is 3.48. The molecule has 0 saturated carbocycles. The molecule has 1 aromatic rings. The predicted molar refractivity (Wildman–Crippen MR) is 43.2 cm³/mol. The molecule has 0 heterocycles. The second kappa shape index (κ2) is 3.12. The van der Waals surface area contributed by atoms with Crippen LogP contribution in [0.1, 0.15) is 11.1 Å². The van der Waals surface area contributed by atoms with Gasteiger partial charge in [0, 0.05) is 0 Å². The van der Waals surface area contributed by atoms with E-state index in [9.17, 15) is 13.2 Å². The molecule has 4 heteroatoms. The van der Waals surface area contributed by atoms with Crippen molar-refractivity contribution in [3.05, 3.63) is 35.9 Å². The smallest absolute Gasteiger partial charge is 0.417 e. The normalized spacial score (nSPS) is 11.3. The fourth-order valence-electron chi connectivity index (χ4n) is 0.968. The Hall–Kier alpha value is -1.45. The van der Waals surface area contributed by atoms with Crippen molar-refractivity contribution in [2.24, 2.45) is 0 Å². The highest BCUT2D eigenvalue weighted by atomic mass is 19.4. The molecule has 1 rings (SSSR count). The fraction of sp³-hybridized carbons (Fsp3) is 0.111. The van der Waals surface area contributed by atoms with E-state index in [1.807, 2.05) is 0 Å². The van der Waals surface area contributed by atoms with Gasteiger partial charge in [-0.2, -0.15) is 13.2 Å². The summed E-state index contributed by atoms with van der Waals surface area (Å²) in [7, 11) is 0. The van der Waals surface area contributed by atoms with Crippen molar-refractivity contribution in [1.29, 1.82) is 0 Å². The van der Waals surface area contributed by atoms with E-state index in [-0.39, 0.29) is 5.56 Å². The Morgan fingerprint density at radius 1 is 1.31 bits per heavy atom. The molecule has 0 aromatic heterocycles. The average molecular weight is 188 g/mol. The van der Waals surface area contributed by atoms with Gasteiger partial charge in [-0.1, -0.05) is 18.7 Å². The van der Waals surface area contributed by atoms with Crippen molar-refractivity contribution in [3.8, 4) is 5.75 Å². The lowest BCUT2D eigenvalue weighted by molar-refractivity contribution is -0.137. The second-order valence-electron chi connectivity index (χ2n) is 2.47. The highest BCUT2D eigenvalue weighted by Gasteiger charge is 2.32. The van der Waals surface area contributed by atoms with E-state index in [1.165, 1.54) is 12.1 Å². The lowest BCUT2D eigenvalue weighted by atomic mass is 10.1. The summed E-state index contributed by atoms with van der Waals surface area (Å²) in [5, 5.41) is 8.86. The molecule has 0 aliphatic carbocycles. The van der Waals surface area contributed by atoms with E-state index in [0.717, 1.165) is 6.08 Å². The van der Waals surface area contributed by atoms with Crippen molar-refractivity contribution < 1.29 is 18.3 Å². The number of benzene rings is 1. The molecule has 0 atom stereocenters. The summed E-state index contributed by atoms with van der Waals surface area (Å²) in [5.74, 6) is -0.405. The first-order chi connectivity index (χ1) is 5.95. The molecule has 13 heavy (non-hydrogen) atoms. The Morgan fingerprint density at radius 2 is 1.92 bits per heavy atom. The maximum absolute atomic E-state index is 12.3. The molecule has 0 bridgehead atoms. The molecule has 0 aliphatic heterocycles. The predicted octanol–water partition coefficient (Wildman–Crippen LogP) is 3.05. The van der Waals surface area contributed by atoms with Crippen LogP contribution < -0.4 is 0 Å². The molecule has 0 unspecified atom stereocenters. The number of aromatic hydroxyl groups is 1. The van der Waals surface area contributed by atoms with Gasteiger partial charge in [-0.25, -0.2) is 0 Å². The van der Waals surface area contributed by atoms with Crippen LogP contribution in [0, 0.1) is 0 Å². The van der Waals surface area contributed by atoms with E-state index >= 15 is 0 Å². The van der Waals surface area contributed by atoms with Crippen molar-refractivity contribution in [2.75, 3.05) is 0 Å². The van der Waals surface area contributed by atoms with Crippen molar-refractivity contribution >= 4 is 6.08 Å². The summed E-state index contributed by atoms with van der Waals surface area (Å²) in [6, 6.07) is 3.04. The molecule has 1 aromatic carbocycles. The Morgan fingerprint density at radius 3 is 2.38 bits per heavy atom. The highest BCUT2D eigenvalue weighted by molar-refractivity contribution is 5.54. The van der Waals surface area contributed by atoms with E-state index in [1.54, 1.807) is 0 Å². The van der Waals surface area contributed by atoms with Gasteiger partial charge in [0.25, 0.3) is 0 Å². The lowest BCUT2D eigenvalue weighted by Crippen LogP contribution is -2.06. The number of hydrogen-bond donors (Lipinski definition) is 1. The zero-order chi connectivity index (χ0) is 10.1. The molecular weight excluding hydrogens is 181 g/mol. The summed E-state index contributed by atoms with van der Waals surface area (Å²) in [4.78, 5) is 0. The first kappa shape index (κ1) is 9.64. The molecular formula is C9H7F3O. The molecule has 0 amide bonds.